The number of aryl methyl sites for hydroxylation is 2. The number of carbonyl (C=O) groups excluding carboxylic acids is 2. The molecule has 27 heavy (non-hydrogen) atoms. The molecule has 0 saturated carbocycles. The zero-order chi connectivity index (χ0) is 19.8. The molecule has 1 unspecified atom stereocenters. The highest BCUT2D eigenvalue weighted by atomic mass is 16.2. The van der Waals surface area contributed by atoms with Crippen molar-refractivity contribution in [2.75, 3.05) is 5.32 Å². The van der Waals surface area contributed by atoms with E-state index in [2.05, 4.69) is 15.8 Å². The fraction of sp³-hybridized carbons (Fsp3) is 0.318. The minimum absolute atomic E-state index is 0.126. The molecular formula is C22H27N3O2. The number of hydrogen-bond donors (Lipinski definition) is 2. The molecule has 5 nitrogen and oxygen atoms in total. The average Bonchev–Trinajstić information content (AvgIpc) is 2.62. The summed E-state index contributed by atoms with van der Waals surface area (Å²) in [5.41, 5.74) is 7.17. The van der Waals surface area contributed by atoms with Gasteiger partial charge in [-0.05, 0) is 44.4 Å². The summed E-state index contributed by atoms with van der Waals surface area (Å²) in [6.45, 7) is 7.55. The summed E-state index contributed by atoms with van der Waals surface area (Å²) >= 11 is 0. The number of nitrogens with one attached hydrogen (secondary N) is 2. The third-order valence-electron chi connectivity index (χ3n) is 4.26. The Kier molecular flexibility index (Phi) is 7.29. The topological polar surface area (TPSA) is 70.6 Å². The number of anilines is 1. The number of carbonyl (C=O) groups is 2. The second kappa shape index (κ2) is 9.67. The Labute approximate surface area is 160 Å². The van der Waals surface area contributed by atoms with Crippen molar-refractivity contribution in [3.05, 3.63) is 65.2 Å². The normalized spacial score (nSPS) is 12.4. The SMILES string of the molecule is CC(CC(=O)Nc1ccc(C)cc1C)=NNC(=O)C(C)Cc1ccccc1. The zero-order valence-corrected chi connectivity index (χ0v) is 16.4. The van der Waals surface area contributed by atoms with E-state index in [9.17, 15) is 9.59 Å². The Bertz CT molecular complexity index is 829. The average molecular weight is 365 g/mol. The molecule has 0 aliphatic carbocycles. The second-order valence-electron chi connectivity index (χ2n) is 6.96. The third kappa shape index (κ3) is 6.70. The highest BCUT2D eigenvalue weighted by molar-refractivity contribution is 6.06. The van der Waals surface area contributed by atoms with Gasteiger partial charge in [-0.2, -0.15) is 5.10 Å². The first-order valence-electron chi connectivity index (χ1n) is 9.09. The summed E-state index contributed by atoms with van der Waals surface area (Å²) < 4.78 is 0. The number of nitrogens with zero attached hydrogens (tertiary/aromatic N) is 1. The Morgan fingerprint density at radius 1 is 1.07 bits per heavy atom. The van der Waals surface area contributed by atoms with Gasteiger partial charge in [0.15, 0.2) is 0 Å². The molecule has 2 rings (SSSR count). The third-order valence-corrected chi connectivity index (χ3v) is 4.26. The molecule has 5 heteroatoms. The van der Waals surface area contributed by atoms with Crippen LogP contribution in [0.25, 0.3) is 0 Å². The van der Waals surface area contributed by atoms with Gasteiger partial charge < -0.3 is 5.32 Å². The van der Waals surface area contributed by atoms with Crippen LogP contribution < -0.4 is 10.7 Å². The van der Waals surface area contributed by atoms with Crippen LogP contribution in [0.3, 0.4) is 0 Å². The smallest absolute Gasteiger partial charge is 0.243 e. The van der Waals surface area contributed by atoms with E-state index < -0.39 is 0 Å². The van der Waals surface area contributed by atoms with Gasteiger partial charge in [-0.15, -0.1) is 0 Å². The first kappa shape index (κ1) is 20.4. The summed E-state index contributed by atoms with van der Waals surface area (Å²) in [4.78, 5) is 24.4. The molecule has 0 radical (unpaired) electrons. The van der Waals surface area contributed by atoms with Crippen molar-refractivity contribution in [3.63, 3.8) is 0 Å². The van der Waals surface area contributed by atoms with Gasteiger partial charge in [-0.3, -0.25) is 9.59 Å². The largest absolute Gasteiger partial charge is 0.326 e. The van der Waals surface area contributed by atoms with Gasteiger partial charge >= 0.3 is 0 Å². The number of hydrogen-bond acceptors (Lipinski definition) is 3. The van der Waals surface area contributed by atoms with Crippen molar-refractivity contribution in [2.24, 2.45) is 11.0 Å². The monoisotopic (exact) mass is 365 g/mol. The zero-order valence-electron chi connectivity index (χ0n) is 16.4. The molecule has 142 valence electrons. The van der Waals surface area contributed by atoms with E-state index in [4.69, 9.17) is 0 Å². The lowest BCUT2D eigenvalue weighted by atomic mass is 10.0. The number of benzene rings is 2. The van der Waals surface area contributed by atoms with Crippen molar-refractivity contribution < 1.29 is 9.59 Å². The van der Waals surface area contributed by atoms with E-state index in [-0.39, 0.29) is 24.2 Å². The van der Waals surface area contributed by atoms with Crippen LogP contribution >= 0.6 is 0 Å². The second-order valence-corrected chi connectivity index (χ2v) is 6.96. The quantitative estimate of drug-likeness (QED) is 0.575. The van der Waals surface area contributed by atoms with Crippen LogP contribution in [0.1, 0.15) is 37.0 Å². The van der Waals surface area contributed by atoms with E-state index >= 15 is 0 Å². The van der Waals surface area contributed by atoms with Gasteiger partial charge in [0.2, 0.25) is 11.8 Å². The number of amides is 2. The first-order valence-corrected chi connectivity index (χ1v) is 9.09. The van der Waals surface area contributed by atoms with Crippen molar-refractivity contribution >= 4 is 23.2 Å². The highest BCUT2D eigenvalue weighted by Crippen LogP contribution is 2.16. The molecule has 2 aromatic carbocycles. The molecular weight excluding hydrogens is 338 g/mol. The molecule has 0 aliphatic heterocycles. The van der Waals surface area contributed by atoms with Crippen LogP contribution in [0, 0.1) is 19.8 Å². The van der Waals surface area contributed by atoms with Crippen molar-refractivity contribution in [1.82, 2.24) is 5.43 Å². The van der Waals surface area contributed by atoms with Crippen molar-refractivity contribution in [3.8, 4) is 0 Å². The maximum Gasteiger partial charge on any atom is 0.243 e. The van der Waals surface area contributed by atoms with Gasteiger partial charge in [0.25, 0.3) is 0 Å². The predicted octanol–water partition coefficient (Wildman–Crippen LogP) is 4.00. The van der Waals surface area contributed by atoms with Crippen molar-refractivity contribution in [1.29, 1.82) is 0 Å². The van der Waals surface area contributed by atoms with Crippen LogP contribution in [-0.4, -0.2) is 17.5 Å². The van der Waals surface area contributed by atoms with Gasteiger partial charge in [-0.1, -0.05) is 55.0 Å². The minimum atomic E-state index is -0.201. The van der Waals surface area contributed by atoms with Crippen LogP contribution in [0.2, 0.25) is 0 Å². The summed E-state index contributed by atoms with van der Waals surface area (Å²) in [7, 11) is 0. The molecule has 2 amide bonds. The van der Waals surface area contributed by atoms with E-state index in [1.165, 1.54) is 0 Å². The molecule has 2 aromatic rings. The van der Waals surface area contributed by atoms with E-state index in [1.807, 2.05) is 69.3 Å². The number of hydrazone groups is 1. The lowest BCUT2D eigenvalue weighted by Crippen LogP contribution is -2.27. The standard InChI is InChI=1S/C22H27N3O2/c1-15-10-11-20(16(2)12-15)23-21(26)14-18(4)24-25-22(27)17(3)13-19-8-6-5-7-9-19/h5-12,17H,13-14H2,1-4H3,(H,23,26)(H,25,27). The number of rotatable bonds is 7. The summed E-state index contributed by atoms with van der Waals surface area (Å²) in [6, 6.07) is 15.7. The van der Waals surface area contributed by atoms with Gasteiger partial charge in [0, 0.05) is 17.3 Å². The van der Waals surface area contributed by atoms with Gasteiger partial charge in [-0.25, -0.2) is 5.43 Å². The molecule has 0 bridgehead atoms. The minimum Gasteiger partial charge on any atom is -0.326 e. The lowest BCUT2D eigenvalue weighted by molar-refractivity contribution is -0.124. The molecule has 0 fully saturated rings. The van der Waals surface area contributed by atoms with E-state index in [0.717, 1.165) is 22.4 Å². The maximum atomic E-state index is 12.2. The lowest BCUT2D eigenvalue weighted by Gasteiger charge is -2.11. The van der Waals surface area contributed by atoms with Crippen LogP contribution in [0.15, 0.2) is 53.6 Å². The Hall–Kier alpha value is -2.95. The molecule has 0 spiro atoms. The first-order chi connectivity index (χ1) is 12.8. The Morgan fingerprint density at radius 2 is 1.78 bits per heavy atom. The molecule has 0 saturated heterocycles. The summed E-state index contributed by atoms with van der Waals surface area (Å²) in [6.07, 6.45) is 0.773. The maximum absolute atomic E-state index is 12.2. The molecule has 0 aliphatic rings. The predicted molar refractivity (Wildman–Crippen MR) is 110 cm³/mol. The van der Waals surface area contributed by atoms with Gasteiger partial charge in [0.1, 0.15) is 0 Å². The Balaban J connectivity index is 1.83. The van der Waals surface area contributed by atoms with Crippen LogP contribution in [0.5, 0.6) is 0 Å². The fourth-order valence-corrected chi connectivity index (χ4v) is 2.74. The fourth-order valence-electron chi connectivity index (χ4n) is 2.74. The van der Waals surface area contributed by atoms with Crippen LogP contribution in [0.4, 0.5) is 5.69 Å². The van der Waals surface area contributed by atoms with E-state index in [0.29, 0.717) is 12.1 Å². The van der Waals surface area contributed by atoms with E-state index in [1.54, 1.807) is 6.92 Å². The highest BCUT2D eigenvalue weighted by Gasteiger charge is 2.13. The summed E-state index contributed by atoms with van der Waals surface area (Å²) in [5, 5.41) is 6.94. The molecule has 0 heterocycles. The van der Waals surface area contributed by atoms with Crippen molar-refractivity contribution in [2.45, 2.75) is 40.5 Å². The Morgan fingerprint density at radius 3 is 2.44 bits per heavy atom. The molecule has 2 N–H and O–H groups in total. The van der Waals surface area contributed by atoms with Gasteiger partial charge in [0.05, 0.1) is 6.42 Å². The van der Waals surface area contributed by atoms with Crippen LogP contribution in [-0.2, 0) is 16.0 Å². The summed E-state index contributed by atoms with van der Waals surface area (Å²) in [5.74, 6) is -0.518. The molecule has 0 aromatic heterocycles. The molecule has 1 atom stereocenters.